The van der Waals surface area contributed by atoms with Crippen LogP contribution in [-0.4, -0.2) is 16.2 Å². The summed E-state index contributed by atoms with van der Waals surface area (Å²) in [6.07, 6.45) is 2.22. The first-order valence-corrected chi connectivity index (χ1v) is 4.96. The minimum atomic E-state index is -1.19. The topological polar surface area (TPSA) is 79.5 Å². The van der Waals surface area contributed by atoms with Gasteiger partial charge < -0.3 is 5.11 Å². The number of anilines is 1. The Morgan fingerprint density at radius 1 is 1.06 bits per heavy atom. The van der Waals surface area contributed by atoms with Crippen LogP contribution < -0.4 is 10.9 Å². The second-order valence-electron chi connectivity index (χ2n) is 3.44. The van der Waals surface area contributed by atoms with Gasteiger partial charge in [0, 0.05) is 12.4 Å². The van der Waals surface area contributed by atoms with Crippen LogP contribution in [0.1, 0.15) is 0 Å². The van der Waals surface area contributed by atoms with E-state index in [0.717, 1.165) is 11.1 Å². The number of rotatable bonds is 2. The minimum absolute atomic E-state index is 0.426. The highest BCUT2D eigenvalue weighted by molar-refractivity contribution is 5.85. The van der Waals surface area contributed by atoms with E-state index in [1.165, 1.54) is 0 Å². The molecule has 5 heteroatoms. The number of hydrogen-bond donors (Lipinski definition) is 2. The minimum Gasteiger partial charge on any atom is -0.464 e. The molecule has 0 unspecified atom stereocenters. The Balaban J connectivity index is 2.28. The van der Waals surface area contributed by atoms with Gasteiger partial charge in [0.1, 0.15) is 0 Å². The molecule has 0 saturated carbocycles. The second kappa shape index (κ2) is 4.63. The third kappa shape index (κ3) is 2.40. The lowest BCUT2D eigenvalue weighted by molar-refractivity contribution is 0.202. The number of amides is 1. The Morgan fingerprint density at radius 2 is 1.59 bits per heavy atom. The van der Waals surface area contributed by atoms with Crippen molar-refractivity contribution in [3.8, 4) is 11.1 Å². The van der Waals surface area contributed by atoms with Crippen molar-refractivity contribution < 1.29 is 9.90 Å². The zero-order valence-corrected chi connectivity index (χ0v) is 8.95. The number of pyridine rings is 1. The summed E-state index contributed by atoms with van der Waals surface area (Å²) < 4.78 is 0. The van der Waals surface area contributed by atoms with E-state index in [1.807, 2.05) is 24.3 Å². The smallest absolute Gasteiger partial charge is 0.426 e. The summed E-state index contributed by atoms with van der Waals surface area (Å²) in [6, 6.07) is 10.7. The molecule has 1 amide bonds. The van der Waals surface area contributed by atoms with E-state index in [0.29, 0.717) is 10.7 Å². The fourth-order valence-electron chi connectivity index (χ4n) is 1.47. The van der Waals surface area contributed by atoms with Crippen LogP contribution in [0.3, 0.4) is 0 Å². The van der Waals surface area contributed by atoms with E-state index < -0.39 is 6.09 Å². The van der Waals surface area contributed by atoms with Gasteiger partial charge in [0.2, 0.25) is 0 Å². The first-order valence-electron chi connectivity index (χ1n) is 4.96. The predicted molar refractivity (Wildman–Crippen MR) is 64.4 cm³/mol. The Bertz CT molecular complexity index is 511. The van der Waals surface area contributed by atoms with E-state index in [-0.39, 0.29) is 0 Å². The molecule has 0 saturated heterocycles. The van der Waals surface area contributed by atoms with Crippen LogP contribution in [-0.2, 0) is 0 Å². The molecule has 0 radical (unpaired) electrons. The van der Waals surface area contributed by atoms with Crippen LogP contribution in [0, 0.1) is 0 Å². The third-order valence-electron chi connectivity index (χ3n) is 2.37. The van der Waals surface area contributed by atoms with Crippen molar-refractivity contribution in [1.29, 1.82) is 0 Å². The quantitative estimate of drug-likeness (QED) is 0.469. The van der Waals surface area contributed by atoms with Crippen molar-refractivity contribution in [1.82, 2.24) is 4.98 Å². The molecular weight excluding hydrogens is 218 g/mol. The zero-order valence-electron chi connectivity index (χ0n) is 8.95. The number of benzene rings is 1. The summed E-state index contributed by atoms with van der Waals surface area (Å²) in [7, 11) is 0. The lowest BCUT2D eigenvalue weighted by atomic mass is 10.1. The lowest BCUT2D eigenvalue weighted by Crippen LogP contribution is -2.35. The summed E-state index contributed by atoms with van der Waals surface area (Å²) in [6.45, 7) is 0. The summed E-state index contributed by atoms with van der Waals surface area (Å²) in [4.78, 5) is 14.6. The SMILES string of the molecule is NN(C(=O)O)c1ccc(-c2ccncc2)cc1. The lowest BCUT2D eigenvalue weighted by Gasteiger charge is -2.12. The van der Waals surface area contributed by atoms with Crippen molar-refractivity contribution in [2.24, 2.45) is 5.84 Å². The molecule has 1 heterocycles. The van der Waals surface area contributed by atoms with Gasteiger partial charge in [-0.2, -0.15) is 0 Å². The Hall–Kier alpha value is -2.40. The molecule has 1 aromatic heterocycles. The highest BCUT2D eigenvalue weighted by Crippen LogP contribution is 2.21. The van der Waals surface area contributed by atoms with Crippen LogP contribution in [0.5, 0.6) is 0 Å². The number of nitrogens with zero attached hydrogens (tertiary/aromatic N) is 2. The molecule has 0 fully saturated rings. The number of hydrazine groups is 1. The molecule has 17 heavy (non-hydrogen) atoms. The zero-order chi connectivity index (χ0) is 12.3. The fourth-order valence-corrected chi connectivity index (χ4v) is 1.47. The van der Waals surface area contributed by atoms with Crippen LogP contribution in [0.15, 0.2) is 48.8 Å². The number of carboxylic acid groups (broad SMARTS) is 1. The van der Waals surface area contributed by atoms with Gasteiger partial charge in [-0.3, -0.25) is 4.98 Å². The largest absolute Gasteiger partial charge is 0.464 e. The normalized spacial score (nSPS) is 9.94. The molecule has 1 aromatic carbocycles. The molecule has 0 bridgehead atoms. The van der Waals surface area contributed by atoms with Crippen molar-refractivity contribution in [3.05, 3.63) is 48.8 Å². The number of hydrogen-bond acceptors (Lipinski definition) is 3. The number of carbonyl (C=O) groups is 1. The van der Waals surface area contributed by atoms with Crippen molar-refractivity contribution >= 4 is 11.8 Å². The van der Waals surface area contributed by atoms with Gasteiger partial charge >= 0.3 is 6.09 Å². The summed E-state index contributed by atoms with van der Waals surface area (Å²) >= 11 is 0. The van der Waals surface area contributed by atoms with Crippen LogP contribution in [0.2, 0.25) is 0 Å². The molecule has 3 N–H and O–H groups in total. The van der Waals surface area contributed by atoms with Gasteiger partial charge in [-0.1, -0.05) is 12.1 Å². The van der Waals surface area contributed by atoms with Crippen LogP contribution in [0.4, 0.5) is 10.5 Å². The Labute approximate surface area is 98.1 Å². The first kappa shape index (κ1) is 11.1. The summed E-state index contributed by atoms with van der Waals surface area (Å²) in [5.41, 5.74) is 2.43. The predicted octanol–water partition coefficient (Wildman–Crippen LogP) is 2.11. The van der Waals surface area contributed by atoms with E-state index >= 15 is 0 Å². The molecule has 5 nitrogen and oxygen atoms in total. The van der Waals surface area contributed by atoms with Gasteiger partial charge in [0.25, 0.3) is 0 Å². The highest BCUT2D eigenvalue weighted by atomic mass is 16.4. The molecule has 2 rings (SSSR count). The average molecular weight is 229 g/mol. The summed E-state index contributed by atoms with van der Waals surface area (Å²) in [5.74, 6) is 5.35. The van der Waals surface area contributed by atoms with Crippen molar-refractivity contribution in [3.63, 3.8) is 0 Å². The Kier molecular flexibility index (Phi) is 3.02. The molecule has 0 aliphatic carbocycles. The molecule has 0 atom stereocenters. The third-order valence-corrected chi connectivity index (χ3v) is 2.37. The van der Waals surface area contributed by atoms with E-state index in [4.69, 9.17) is 10.9 Å². The molecule has 86 valence electrons. The maximum Gasteiger partial charge on any atom is 0.426 e. The standard InChI is InChI=1S/C12H11N3O2/c13-15(12(16)17)11-3-1-9(2-4-11)10-5-7-14-8-6-10/h1-8H,13H2,(H,16,17). The van der Waals surface area contributed by atoms with Gasteiger partial charge in [0.15, 0.2) is 0 Å². The molecular formula is C12H11N3O2. The maximum absolute atomic E-state index is 10.6. The second-order valence-corrected chi connectivity index (χ2v) is 3.44. The Morgan fingerprint density at radius 3 is 2.12 bits per heavy atom. The van der Waals surface area contributed by atoms with Gasteiger partial charge in [0.05, 0.1) is 5.69 Å². The monoisotopic (exact) mass is 229 g/mol. The van der Waals surface area contributed by atoms with E-state index in [9.17, 15) is 4.79 Å². The molecule has 0 spiro atoms. The van der Waals surface area contributed by atoms with Crippen LogP contribution in [0.25, 0.3) is 11.1 Å². The fraction of sp³-hybridized carbons (Fsp3) is 0. The molecule has 0 aliphatic rings. The number of aromatic nitrogens is 1. The van der Waals surface area contributed by atoms with Crippen molar-refractivity contribution in [2.75, 3.05) is 5.01 Å². The first-order chi connectivity index (χ1) is 8.18. The van der Waals surface area contributed by atoms with Gasteiger partial charge in [-0.15, -0.1) is 0 Å². The number of nitrogens with two attached hydrogens (primary N) is 1. The van der Waals surface area contributed by atoms with E-state index in [2.05, 4.69) is 4.98 Å². The molecule has 0 aliphatic heterocycles. The van der Waals surface area contributed by atoms with Gasteiger partial charge in [-0.25, -0.2) is 15.6 Å². The van der Waals surface area contributed by atoms with Crippen molar-refractivity contribution in [2.45, 2.75) is 0 Å². The van der Waals surface area contributed by atoms with E-state index in [1.54, 1.807) is 24.5 Å². The summed E-state index contributed by atoms with van der Waals surface area (Å²) in [5, 5.41) is 9.39. The average Bonchev–Trinajstić information content (AvgIpc) is 2.39. The van der Waals surface area contributed by atoms with Gasteiger partial charge in [-0.05, 0) is 35.4 Å². The van der Waals surface area contributed by atoms with Crippen LogP contribution >= 0.6 is 0 Å². The highest BCUT2D eigenvalue weighted by Gasteiger charge is 2.08. The molecule has 2 aromatic rings. The maximum atomic E-state index is 10.6.